The van der Waals surface area contributed by atoms with E-state index in [0.717, 1.165) is 39.7 Å². The molecule has 148 valence electrons. The number of benzene rings is 1. The van der Waals surface area contributed by atoms with E-state index in [4.69, 9.17) is 35.4 Å². The van der Waals surface area contributed by atoms with Crippen LogP contribution >= 0.6 is 35.4 Å². The Kier molecular flexibility index (Phi) is 5.98. The van der Waals surface area contributed by atoms with Crippen molar-refractivity contribution in [1.82, 2.24) is 19.6 Å². The quantitative estimate of drug-likeness (QED) is 0.562. The molecule has 9 heteroatoms. The SMILES string of the molecule is Cc1nn(C)c(C)c1NC(=S)Nc1c(C)nn(Cc2ccc(Cl)cc2Cl)c1C. The number of nitrogens with one attached hydrogen (secondary N) is 2. The maximum Gasteiger partial charge on any atom is 0.175 e. The maximum atomic E-state index is 6.30. The zero-order valence-electron chi connectivity index (χ0n) is 16.4. The van der Waals surface area contributed by atoms with Gasteiger partial charge < -0.3 is 10.6 Å². The van der Waals surface area contributed by atoms with E-state index in [-0.39, 0.29) is 0 Å². The van der Waals surface area contributed by atoms with Crippen molar-refractivity contribution < 1.29 is 0 Å². The molecule has 6 nitrogen and oxygen atoms in total. The van der Waals surface area contributed by atoms with Crippen LogP contribution in [-0.2, 0) is 13.6 Å². The van der Waals surface area contributed by atoms with Crippen molar-refractivity contribution in [3.05, 3.63) is 56.6 Å². The Morgan fingerprint density at radius 2 is 1.61 bits per heavy atom. The number of aryl methyl sites for hydroxylation is 3. The molecule has 0 saturated heterocycles. The van der Waals surface area contributed by atoms with Crippen LogP contribution in [0.4, 0.5) is 11.4 Å². The molecule has 0 aliphatic carbocycles. The van der Waals surface area contributed by atoms with Gasteiger partial charge in [-0.2, -0.15) is 10.2 Å². The minimum atomic E-state index is 0.495. The second-order valence-corrected chi connectivity index (χ2v) is 7.94. The number of nitrogens with zero attached hydrogens (tertiary/aromatic N) is 4. The largest absolute Gasteiger partial charge is 0.329 e. The monoisotopic (exact) mass is 436 g/mol. The summed E-state index contributed by atoms with van der Waals surface area (Å²) in [5, 5.41) is 17.3. The van der Waals surface area contributed by atoms with Crippen LogP contribution in [0.1, 0.15) is 28.3 Å². The van der Waals surface area contributed by atoms with Gasteiger partial charge in [0.25, 0.3) is 0 Å². The number of rotatable bonds is 4. The van der Waals surface area contributed by atoms with Crippen molar-refractivity contribution in [2.75, 3.05) is 10.6 Å². The fourth-order valence-corrected chi connectivity index (χ4v) is 3.73. The standard InChI is InChI=1S/C19H22Cl2N6S/c1-10-17(12(3)26(5)24-10)22-19(28)23-18-11(2)25-27(13(18)4)9-14-6-7-15(20)8-16(14)21/h6-8H,9H2,1-5H3,(H2,22,23,28). The molecule has 28 heavy (non-hydrogen) atoms. The minimum absolute atomic E-state index is 0.495. The highest BCUT2D eigenvalue weighted by atomic mass is 35.5. The van der Waals surface area contributed by atoms with Crippen LogP contribution in [0.25, 0.3) is 0 Å². The topological polar surface area (TPSA) is 59.7 Å². The average Bonchev–Trinajstić information content (AvgIpc) is 3.01. The third kappa shape index (κ3) is 4.16. The van der Waals surface area contributed by atoms with Gasteiger partial charge in [0.2, 0.25) is 0 Å². The lowest BCUT2D eigenvalue weighted by Crippen LogP contribution is -2.20. The molecule has 2 aromatic heterocycles. The van der Waals surface area contributed by atoms with E-state index in [9.17, 15) is 0 Å². The summed E-state index contributed by atoms with van der Waals surface area (Å²) in [7, 11) is 1.91. The van der Waals surface area contributed by atoms with Crippen LogP contribution in [0, 0.1) is 27.7 Å². The lowest BCUT2D eigenvalue weighted by molar-refractivity contribution is 0.659. The fourth-order valence-electron chi connectivity index (χ4n) is 3.06. The van der Waals surface area contributed by atoms with E-state index in [0.29, 0.717) is 21.7 Å². The lowest BCUT2D eigenvalue weighted by atomic mass is 10.2. The molecule has 0 atom stereocenters. The summed E-state index contributed by atoms with van der Waals surface area (Å²) in [6, 6.07) is 5.47. The summed E-state index contributed by atoms with van der Waals surface area (Å²) in [5.41, 5.74) is 6.47. The van der Waals surface area contributed by atoms with E-state index in [1.807, 2.05) is 56.2 Å². The molecular formula is C19H22Cl2N6S. The van der Waals surface area contributed by atoms with Crippen LogP contribution in [0.5, 0.6) is 0 Å². The van der Waals surface area contributed by atoms with Gasteiger partial charge in [0, 0.05) is 17.1 Å². The summed E-state index contributed by atoms with van der Waals surface area (Å²) in [6.45, 7) is 8.43. The predicted octanol–water partition coefficient (Wildman–Crippen LogP) is 5.01. The molecule has 1 aromatic carbocycles. The molecule has 0 spiro atoms. The first-order chi connectivity index (χ1) is 13.2. The van der Waals surface area contributed by atoms with Crippen molar-refractivity contribution in [1.29, 1.82) is 0 Å². The Morgan fingerprint density at radius 3 is 2.18 bits per heavy atom. The van der Waals surface area contributed by atoms with E-state index in [2.05, 4.69) is 20.8 Å². The summed E-state index contributed by atoms with van der Waals surface area (Å²) < 4.78 is 3.72. The lowest BCUT2D eigenvalue weighted by Gasteiger charge is -2.12. The molecular weight excluding hydrogens is 415 g/mol. The molecule has 0 aliphatic heterocycles. The van der Waals surface area contributed by atoms with Gasteiger partial charge in [-0.3, -0.25) is 9.36 Å². The Hall–Kier alpha value is -2.09. The average molecular weight is 437 g/mol. The Bertz CT molecular complexity index is 1050. The van der Waals surface area contributed by atoms with Crippen LogP contribution in [-0.4, -0.2) is 24.7 Å². The smallest absolute Gasteiger partial charge is 0.175 e. The molecule has 0 aliphatic rings. The highest BCUT2D eigenvalue weighted by Gasteiger charge is 2.16. The normalized spacial score (nSPS) is 11.0. The summed E-state index contributed by atoms with van der Waals surface area (Å²) >= 11 is 17.8. The van der Waals surface area contributed by atoms with E-state index in [1.165, 1.54) is 0 Å². The molecule has 2 N–H and O–H groups in total. The third-order valence-electron chi connectivity index (χ3n) is 4.70. The zero-order valence-corrected chi connectivity index (χ0v) is 18.7. The van der Waals surface area contributed by atoms with Crippen molar-refractivity contribution in [2.45, 2.75) is 34.2 Å². The molecule has 3 rings (SSSR count). The minimum Gasteiger partial charge on any atom is -0.329 e. The number of hydrogen-bond acceptors (Lipinski definition) is 3. The van der Waals surface area contributed by atoms with E-state index >= 15 is 0 Å². The van der Waals surface area contributed by atoms with Gasteiger partial charge >= 0.3 is 0 Å². The highest BCUT2D eigenvalue weighted by molar-refractivity contribution is 7.80. The van der Waals surface area contributed by atoms with Crippen molar-refractivity contribution in [2.24, 2.45) is 7.05 Å². The first kappa shape index (κ1) is 20.6. The van der Waals surface area contributed by atoms with Crippen LogP contribution in [0.2, 0.25) is 10.0 Å². The van der Waals surface area contributed by atoms with Gasteiger partial charge in [-0.15, -0.1) is 0 Å². The number of anilines is 2. The highest BCUT2D eigenvalue weighted by Crippen LogP contribution is 2.25. The van der Waals surface area contributed by atoms with Crippen LogP contribution in [0.15, 0.2) is 18.2 Å². The molecule has 2 heterocycles. The number of aromatic nitrogens is 4. The second-order valence-electron chi connectivity index (χ2n) is 6.69. The maximum absolute atomic E-state index is 6.30. The number of hydrogen-bond donors (Lipinski definition) is 2. The number of halogens is 2. The molecule has 3 aromatic rings. The Balaban J connectivity index is 1.79. The zero-order chi connectivity index (χ0) is 20.6. The van der Waals surface area contributed by atoms with Crippen molar-refractivity contribution in [3.63, 3.8) is 0 Å². The molecule has 0 fully saturated rings. The molecule has 0 saturated carbocycles. The molecule has 0 radical (unpaired) electrons. The van der Waals surface area contributed by atoms with Crippen molar-refractivity contribution >= 4 is 51.9 Å². The van der Waals surface area contributed by atoms with Gasteiger partial charge in [0.05, 0.1) is 40.7 Å². The molecule has 0 bridgehead atoms. The Morgan fingerprint density at radius 1 is 1.00 bits per heavy atom. The van der Waals surface area contributed by atoms with Crippen molar-refractivity contribution in [3.8, 4) is 0 Å². The van der Waals surface area contributed by atoms with Gasteiger partial charge in [0.1, 0.15) is 0 Å². The summed E-state index contributed by atoms with van der Waals surface area (Å²) in [6.07, 6.45) is 0. The van der Waals surface area contributed by atoms with Gasteiger partial charge in [-0.1, -0.05) is 29.3 Å². The Labute approximate surface area is 179 Å². The summed E-state index contributed by atoms with van der Waals surface area (Å²) in [5.74, 6) is 0. The van der Waals surface area contributed by atoms with Gasteiger partial charge in [0.15, 0.2) is 5.11 Å². The first-order valence-corrected chi connectivity index (χ1v) is 9.90. The number of thiocarbonyl (C=S) groups is 1. The molecule has 0 amide bonds. The third-order valence-corrected chi connectivity index (χ3v) is 5.49. The summed E-state index contributed by atoms with van der Waals surface area (Å²) in [4.78, 5) is 0. The van der Waals surface area contributed by atoms with Gasteiger partial charge in [-0.05, 0) is 57.6 Å². The predicted molar refractivity (Wildman–Crippen MR) is 120 cm³/mol. The van der Waals surface area contributed by atoms with E-state index in [1.54, 1.807) is 6.07 Å². The molecule has 0 unspecified atom stereocenters. The van der Waals surface area contributed by atoms with Crippen LogP contribution < -0.4 is 10.6 Å². The fraction of sp³-hybridized carbons (Fsp3) is 0.316. The first-order valence-electron chi connectivity index (χ1n) is 8.73. The van der Waals surface area contributed by atoms with E-state index < -0.39 is 0 Å². The van der Waals surface area contributed by atoms with Crippen LogP contribution in [0.3, 0.4) is 0 Å². The van der Waals surface area contributed by atoms with Gasteiger partial charge in [-0.25, -0.2) is 0 Å². The second kappa shape index (κ2) is 8.11.